The van der Waals surface area contributed by atoms with Gasteiger partial charge >= 0.3 is 0 Å². The molecule has 1 aliphatic rings. The minimum Gasteiger partial charge on any atom is -0.353 e. The van der Waals surface area contributed by atoms with E-state index in [1.807, 2.05) is 17.5 Å². The van der Waals surface area contributed by atoms with Crippen LogP contribution in [0.2, 0.25) is 0 Å². The van der Waals surface area contributed by atoms with Gasteiger partial charge in [-0.3, -0.25) is 4.79 Å². The van der Waals surface area contributed by atoms with Crippen molar-refractivity contribution in [2.24, 2.45) is 0 Å². The first-order valence-electron chi connectivity index (χ1n) is 7.92. The lowest BCUT2D eigenvalue weighted by atomic mass is 10.1. The van der Waals surface area contributed by atoms with Crippen LogP contribution in [0.5, 0.6) is 0 Å². The number of carbonyl (C=O) groups excluding carboxylic acids is 1. The SMILES string of the molecule is O=C(Cc1cccs1)NC1CCN(S(=O)(=O)c2ccccc2)CC1. The summed E-state index contributed by atoms with van der Waals surface area (Å²) >= 11 is 1.57. The van der Waals surface area contributed by atoms with Gasteiger partial charge in [0.2, 0.25) is 15.9 Å². The minimum absolute atomic E-state index is 0.00168. The standard InChI is InChI=1S/C17H20N2O3S2/c20-17(13-15-5-4-12-23-15)18-14-8-10-19(11-9-14)24(21,22)16-6-2-1-3-7-16/h1-7,12,14H,8-11,13H2,(H,18,20). The third-order valence-electron chi connectivity index (χ3n) is 4.11. The lowest BCUT2D eigenvalue weighted by Crippen LogP contribution is -2.46. The fourth-order valence-corrected chi connectivity index (χ4v) is 5.03. The molecule has 1 saturated heterocycles. The number of amides is 1. The molecule has 0 atom stereocenters. The molecule has 3 rings (SSSR count). The van der Waals surface area contributed by atoms with E-state index >= 15 is 0 Å². The van der Waals surface area contributed by atoms with Gasteiger partial charge < -0.3 is 5.32 Å². The molecule has 0 unspecified atom stereocenters. The largest absolute Gasteiger partial charge is 0.353 e. The predicted molar refractivity (Wildman–Crippen MR) is 94.4 cm³/mol. The van der Waals surface area contributed by atoms with Gasteiger partial charge in [0.25, 0.3) is 0 Å². The molecule has 1 aromatic heterocycles. The molecule has 128 valence electrons. The summed E-state index contributed by atoms with van der Waals surface area (Å²) in [5.41, 5.74) is 0. The zero-order valence-electron chi connectivity index (χ0n) is 13.2. The summed E-state index contributed by atoms with van der Waals surface area (Å²) in [4.78, 5) is 13.4. The highest BCUT2D eigenvalue weighted by atomic mass is 32.2. The topological polar surface area (TPSA) is 66.5 Å². The fourth-order valence-electron chi connectivity index (χ4n) is 2.83. The maximum Gasteiger partial charge on any atom is 0.243 e. The van der Waals surface area contributed by atoms with Crippen molar-refractivity contribution in [1.29, 1.82) is 0 Å². The highest BCUT2D eigenvalue weighted by molar-refractivity contribution is 7.89. The van der Waals surface area contributed by atoms with Gasteiger partial charge in [-0.05, 0) is 36.4 Å². The Morgan fingerprint density at radius 3 is 2.46 bits per heavy atom. The summed E-state index contributed by atoms with van der Waals surface area (Å²) in [7, 11) is -3.43. The van der Waals surface area contributed by atoms with E-state index in [0.717, 1.165) is 4.88 Å². The quantitative estimate of drug-likeness (QED) is 0.885. The van der Waals surface area contributed by atoms with Crippen molar-refractivity contribution in [3.63, 3.8) is 0 Å². The monoisotopic (exact) mass is 364 g/mol. The third kappa shape index (κ3) is 4.03. The van der Waals surface area contributed by atoms with Gasteiger partial charge in [-0.1, -0.05) is 24.3 Å². The second kappa shape index (κ2) is 7.46. The van der Waals surface area contributed by atoms with Crippen LogP contribution >= 0.6 is 11.3 Å². The van der Waals surface area contributed by atoms with E-state index in [-0.39, 0.29) is 11.9 Å². The number of carbonyl (C=O) groups is 1. The molecule has 5 nitrogen and oxygen atoms in total. The lowest BCUT2D eigenvalue weighted by Gasteiger charge is -2.31. The zero-order chi connectivity index (χ0) is 17.0. The van der Waals surface area contributed by atoms with Gasteiger partial charge in [-0.15, -0.1) is 11.3 Å². The molecular formula is C17H20N2O3S2. The average molecular weight is 364 g/mol. The highest BCUT2D eigenvalue weighted by Crippen LogP contribution is 2.20. The normalized spacial score (nSPS) is 16.8. The summed E-state index contributed by atoms with van der Waals surface area (Å²) < 4.78 is 26.6. The number of nitrogens with one attached hydrogen (secondary N) is 1. The van der Waals surface area contributed by atoms with Crippen molar-refractivity contribution in [3.8, 4) is 0 Å². The van der Waals surface area contributed by atoms with E-state index in [2.05, 4.69) is 5.32 Å². The number of thiophene rings is 1. The molecule has 1 amide bonds. The van der Waals surface area contributed by atoms with Gasteiger partial charge in [0.15, 0.2) is 0 Å². The van der Waals surface area contributed by atoms with Crippen molar-refractivity contribution in [3.05, 3.63) is 52.7 Å². The third-order valence-corrected chi connectivity index (χ3v) is 6.90. The average Bonchev–Trinajstić information content (AvgIpc) is 3.09. The van der Waals surface area contributed by atoms with E-state index < -0.39 is 10.0 Å². The Kier molecular flexibility index (Phi) is 5.33. The molecule has 0 radical (unpaired) electrons. The molecule has 0 spiro atoms. The predicted octanol–water partition coefficient (Wildman–Crippen LogP) is 2.26. The summed E-state index contributed by atoms with van der Waals surface area (Å²) in [6.45, 7) is 0.863. The first-order chi connectivity index (χ1) is 11.6. The van der Waals surface area contributed by atoms with Crippen molar-refractivity contribution in [2.45, 2.75) is 30.2 Å². The Bertz CT molecular complexity index is 765. The smallest absolute Gasteiger partial charge is 0.243 e. The van der Waals surface area contributed by atoms with Crippen LogP contribution in [0, 0.1) is 0 Å². The van der Waals surface area contributed by atoms with E-state index in [0.29, 0.717) is 37.2 Å². The summed E-state index contributed by atoms with van der Waals surface area (Å²) in [6, 6.07) is 12.4. The first kappa shape index (κ1) is 17.1. The van der Waals surface area contributed by atoms with E-state index in [9.17, 15) is 13.2 Å². The van der Waals surface area contributed by atoms with Gasteiger partial charge in [0.1, 0.15) is 0 Å². The van der Waals surface area contributed by atoms with Gasteiger partial charge in [0.05, 0.1) is 11.3 Å². The molecule has 2 aromatic rings. The van der Waals surface area contributed by atoms with Crippen molar-refractivity contribution in [1.82, 2.24) is 9.62 Å². The highest BCUT2D eigenvalue weighted by Gasteiger charge is 2.29. The molecule has 0 bridgehead atoms. The Labute approximate surface area is 146 Å². The molecule has 1 aliphatic heterocycles. The van der Waals surface area contributed by atoms with Crippen molar-refractivity contribution in [2.75, 3.05) is 13.1 Å². The number of hydrogen-bond donors (Lipinski definition) is 1. The maximum absolute atomic E-state index is 12.6. The lowest BCUT2D eigenvalue weighted by molar-refractivity contribution is -0.121. The van der Waals surface area contributed by atoms with Crippen LogP contribution < -0.4 is 5.32 Å². The van der Waals surface area contributed by atoms with Gasteiger partial charge in [0, 0.05) is 24.0 Å². The molecule has 24 heavy (non-hydrogen) atoms. The Morgan fingerprint density at radius 1 is 1.12 bits per heavy atom. The Morgan fingerprint density at radius 2 is 1.83 bits per heavy atom. The molecule has 0 saturated carbocycles. The van der Waals surface area contributed by atoms with Crippen molar-refractivity contribution < 1.29 is 13.2 Å². The summed E-state index contributed by atoms with van der Waals surface area (Å²) in [5, 5.41) is 4.97. The Balaban J connectivity index is 1.53. The minimum atomic E-state index is -3.43. The second-order valence-electron chi connectivity index (χ2n) is 5.82. The van der Waals surface area contributed by atoms with Crippen LogP contribution in [0.25, 0.3) is 0 Å². The number of rotatable bonds is 5. The van der Waals surface area contributed by atoms with Crippen LogP contribution in [0.3, 0.4) is 0 Å². The fraction of sp³-hybridized carbons (Fsp3) is 0.353. The van der Waals surface area contributed by atoms with Crippen LogP contribution in [-0.4, -0.2) is 37.8 Å². The summed E-state index contributed by atoms with van der Waals surface area (Å²) in [5.74, 6) is 0.00168. The van der Waals surface area contributed by atoms with E-state index in [1.54, 1.807) is 41.7 Å². The Hall–Kier alpha value is -1.70. The first-order valence-corrected chi connectivity index (χ1v) is 10.2. The number of piperidine rings is 1. The summed E-state index contributed by atoms with van der Waals surface area (Å²) in [6.07, 6.45) is 1.67. The van der Waals surface area contributed by atoms with Gasteiger partial charge in [-0.2, -0.15) is 4.31 Å². The molecule has 1 aromatic carbocycles. The molecule has 0 aliphatic carbocycles. The van der Waals surface area contributed by atoms with Crippen LogP contribution in [0.15, 0.2) is 52.7 Å². The zero-order valence-corrected chi connectivity index (χ0v) is 14.9. The second-order valence-corrected chi connectivity index (χ2v) is 8.79. The maximum atomic E-state index is 12.6. The molecular weight excluding hydrogens is 344 g/mol. The van der Waals surface area contributed by atoms with E-state index in [1.165, 1.54) is 4.31 Å². The van der Waals surface area contributed by atoms with Crippen LogP contribution in [-0.2, 0) is 21.2 Å². The number of hydrogen-bond acceptors (Lipinski definition) is 4. The number of nitrogens with zero attached hydrogens (tertiary/aromatic N) is 1. The number of sulfonamides is 1. The molecule has 2 heterocycles. The van der Waals surface area contributed by atoms with Gasteiger partial charge in [-0.25, -0.2) is 8.42 Å². The molecule has 1 N–H and O–H groups in total. The van der Waals surface area contributed by atoms with Crippen LogP contribution in [0.4, 0.5) is 0 Å². The molecule has 7 heteroatoms. The van der Waals surface area contributed by atoms with Crippen LogP contribution in [0.1, 0.15) is 17.7 Å². The van der Waals surface area contributed by atoms with E-state index in [4.69, 9.17) is 0 Å². The molecule has 1 fully saturated rings. The number of benzene rings is 1. The van der Waals surface area contributed by atoms with Crippen molar-refractivity contribution >= 4 is 27.3 Å².